The maximum atomic E-state index is 13.1. The van der Waals surface area contributed by atoms with Crippen LogP contribution in [-0.4, -0.2) is 25.7 Å². The molecule has 4 heteroatoms. The van der Waals surface area contributed by atoms with Gasteiger partial charge in [0.15, 0.2) is 0 Å². The normalized spacial score (nSPS) is 12.0. The van der Waals surface area contributed by atoms with Crippen LogP contribution in [0.5, 0.6) is 0 Å². The van der Waals surface area contributed by atoms with Gasteiger partial charge in [0.25, 0.3) is 5.92 Å². The molecule has 0 aliphatic rings. The molecule has 0 amide bonds. The molecule has 0 aromatic heterocycles. The maximum Gasteiger partial charge on any atom is 0.293 e. The molecule has 0 atom stereocenters. The molecular formula is C22H32F2O2. The van der Waals surface area contributed by atoms with Crippen molar-refractivity contribution in [3.05, 3.63) is 72.4 Å². The highest BCUT2D eigenvalue weighted by molar-refractivity contribution is 5.20. The highest BCUT2D eigenvalue weighted by atomic mass is 19.3. The fourth-order valence-corrected chi connectivity index (χ4v) is 2.05. The van der Waals surface area contributed by atoms with Gasteiger partial charge in [0, 0.05) is 6.61 Å². The van der Waals surface area contributed by atoms with E-state index < -0.39 is 19.1 Å². The minimum Gasteiger partial charge on any atom is -0.375 e. The minimum absolute atomic E-state index is 0.197. The second-order valence-electron chi connectivity index (χ2n) is 5.65. The van der Waals surface area contributed by atoms with E-state index in [0.717, 1.165) is 18.4 Å². The van der Waals surface area contributed by atoms with Crippen molar-refractivity contribution in [3.8, 4) is 0 Å². The molecule has 0 N–H and O–H groups in total. The minimum atomic E-state index is -2.91. The predicted molar refractivity (Wildman–Crippen MR) is 106 cm³/mol. The molecule has 0 aliphatic carbocycles. The summed E-state index contributed by atoms with van der Waals surface area (Å²) in [5.41, 5.74) is 2.25. The van der Waals surface area contributed by atoms with Gasteiger partial charge >= 0.3 is 0 Å². The molecule has 0 spiro atoms. The average Bonchev–Trinajstić information content (AvgIpc) is 2.62. The van der Waals surface area contributed by atoms with Crippen LogP contribution in [-0.2, 0) is 16.1 Å². The van der Waals surface area contributed by atoms with Gasteiger partial charge in [-0.25, -0.2) is 8.78 Å². The summed E-state index contributed by atoms with van der Waals surface area (Å²) >= 11 is 0. The molecule has 0 bridgehead atoms. The van der Waals surface area contributed by atoms with Gasteiger partial charge in [-0.1, -0.05) is 61.6 Å². The Morgan fingerprint density at radius 3 is 2.31 bits per heavy atom. The smallest absolute Gasteiger partial charge is 0.293 e. The van der Waals surface area contributed by atoms with Crippen LogP contribution in [0.15, 0.2) is 66.8 Å². The van der Waals surface area contributed by atoms with Crippen molar-refractivity contribution >= 4 is 0 Å². The molecule has 0 heterocycles. The van der Waals surface area contributed by atoms with Crippen LogP contribution < -0.4 is 0 Å². The van der Waals surface area contributed by atoms with Crippen molar-refractivity contribution in [2.45, 2.75) is 46.1 Å². The Kier molecular flexibility index (Phi) is 14.4. The Morgan fingerprint density at radius 1 is 1.12 bits per heavy atom. The van der Waals surface area contributed by atoms with Crippen molar-refractivity contribution < 1.29 is 18.3 Å². The van der Waals surface area contributed by atoms with Gasteiger partial charge in [-0.15, -0.1) is 6.58 Å². The highest BCUT2D eigenvalue weighted by Crippen LogP contribution is 2.15. The van der Waals surface area contributed by atoms with Gasteiger partial charge in [0.05, 0.1) is 6.61 Å². The molecule has 2 nitrogen and oxygen atoms in total. The first-order chi connectivity index (χ1) is 12.5. The number of benzene rings is 1. The van der Waals surface area contributed by atoms with Crippen LogP contribution in [0.4, 0.5) is 8.78 Å². The summed E-state index contributed by atoms with van der Waals surface area (Å²) in [6, 6.07) is 9.22. The highest BCUT2D eigenvalue weighted by Gasteiger charge is 2.29. The first kappa shape index (κ1) is 24.2. The molecule has 146 valence electrons. The Labute approximate surface area is 157 Å². The number of hydrogen-bond donors (Lipinski definition) is 0. The van der Waals surface area contributed by atoms with Crippen molar-refractivity contribution in [2.24, 2.45) is 0 Å². The molecule has 26 heavy (non-hydrogen) atoms. The van der Waals surface area contributed by atoms with Gasteiger partial charge in [0.1, 0.15) is 13.2 Å². The summed E-state index contributed by atoms with van der Waals surface area (Å²) in [7, 11) is 0. The molecule has 1 aromatic carbocycles. The molecular weight excluding hydrogens is 334 g/mol. The summed E-state index contributed by atoms with van der Waals surface area (Å²) < 4.78 is 35.7. The van der Waals surface area contributed by atoms with Crippen LogP contribution in [0.1, 0.15) is 39.2 Å². The average molecular weight is 366 g/mol. The van der Waals surface area contributed by atoms with Crippen molar-refractivity contribution in [1.29, 1.82) is 0 Å². The Balaban J connectivity index is 0.000000541. The van der Waals surface area contributed by atoms with E-state index >= 15 is 0 Å². The summed E-state index contributed by atoms with van der Waals surface area (Å²) in [5, 5.41) is 0. The fourth-order valence-electron chi connectivity index (χ4n) is 2.05. The van der Waals surface area contributed by atoms with Gasteiger partial charge in [-0.3, -0.25) is 0 Å². The van der Waals surface area contributed by atoms with Crippen molar-refractivity contribution in [3.63, 3.8) is 0 Å². The molecule has 1 aromatic rings. The lowest BCUT2D eigenvalue weighted by Crippen LogP contribution is -2.29. The van der Waals surface area contributed by atoms with Crippen LogP contribution in [0.25, 0.3) is 0 Å². The van der Waals surface area contributed by atoms with Crippen molar-refractivity contribution in [2.75, 3.05) is 19.8 Å². The van der Waals surface area contributed by atoms with E-state index in [1.165, 1.54) is 5.57 Å². The van der Waals surface area contributed by atoms with Crippen LogP contribution >= 0.6 is 0 Å². The second kappa shape index (κ2) is 15.5. The van der Waals surface area contributed by atoms with E-state index in [4.69, 9.17) is 4.74 Å². The lowest BCUT2D eigenvalue weighted by molar-refractivity contribution is -0.125. The van der Waals surface area contributed by atoms with Crippen LogP contribution in [0.2, 0.25) is 0 Å². The lowest BCUT2D eigenvalue weighted by Gasteiger charge is -2.16. The van der Waals surface area contributed by atoms with E-state index in [1.54, 1.807) is 6.92 Å². The van der Waals surface area contributed by atoms with Gasteiger partial charge in [-0.2, -0.15) is 0 Å². The molecule has 1 rings (SSSR count). The Bertz CT molecular complexity index is 522. The van der Waals surface area contributed by atoms with Crippen LogP contribution in [0, 0.1) is 0 Å². The van der Waals surface area contributed by atoms with Crippen molar-refractivity contribution in [1.82, 2.24) is 0 Å². The first-order valence-electron chi connectivity index (χ1n) is 8.98. The molecule has 0 unspecified atom stereocenters. The summed E-state index contributed by atoms with van der Waals surface area (Å²) in [6.07, 6.45) is 10.4. The summed E-state index contributed by atoms with van der Waals surface area (Å²) in [5.74, 6) is -2.91. The first-order valence-corrected chi connectivity index (χ1v) is 8.98. The third kappa shape index (κ3) is 13.5. The van der Waals surface area contributed by atoms with Crippen LogP contribution in [0.3, 0.4) is 0 Å². The van der Waals surface area contributed by atoms with E-state index in [2.05, 4.69) is 36.5 Å². The third-order valence-corrected chi connectivity index (χ3v) is 3.17. The van der Waals surface area contributed by atoms with E-state index in [0.29, 0.717) is 0 Å². The lowest BCUT2D eigenvalue weighted by atomic mass is 10.1. The zero-order valence-electron chi connectivity index (χ0n) is 16.2. The fraction of sp³-hybridized carbons (Fsp3) is 0.455. The third-order valence-electron chi connectivity index (χ3n) is 3.17. The molecule has 0 radical (unpaired) electrons. The number of ether oxygens (including phenoxy) is 2. The Morgan fingerprint density at radius 2 is 1.77 bits per heavy atom. The maximum absolute atomic E-state index is 13.1. The van der Waals surface area contributed by atoms with E-state index in [9.17, 15) is 8.78 Å². The SMILES string of the molecule is C=CCC(/C=C\C)=C/CC.CCOCC(F)(F)COCc1ccccc1. The zero-order chi connectivity index (χ0) is 19.7. The Hall–Kier alpha value is -1.78. The van der Waals surface area contributed by atoms with E-state index in [-0.39, 0.29) is 13.2 Å². The quantitative estimate of drug-likeness (QED) is 0.335. The predicted octanol–water partition coefficient (Wildman–Crippen LogP) is 6.35. The van der Waals surface area contributed by atoms with E-state index in [1.807, 2.05) is 43.3 Å². The van der Waals surface area contributed by atoms with Gasteiger partial charge in [-0.05, 0) is 37.8 Å². The topological polar surface area (TPSA) is 18.5 Å². The molecule has 0 aliphatic heterocycles. The molecule has 0 fully saturated rings. The number of hydrogen-bond acceptors (Lipinski definition) is 2. The second-order valence-corrected chi connectivity index (χ2v) is 5.65. The molecule has 0 saturated heterocycles. The largest absolute Gasteiger partial charge is 0.375 e. The summed E-state index contributed by atoms with van der Waals surface area (Å²) in [4.78, 5) is 0. The zero-order valence-corrected chi connectivity index (χ0v) is 16.2. The number of rotatable bonds is 11. The monoisotopic (exact) mass is 366 g/mol. The standard InChI is InChI=1S/C12H16F2O2.C10H16/c1-2-15-9-12(13,14)10-16-8-11-6-4-3-5-7-11;1-4-7-10(8-5-2)9-6-3/h3-7H,2,8-10H2,1H3;4-5,8-9H,1,6-7H2,2-3H3/b;8-5-,10-9-. The molecule has 0 saturated carbocycles. The number of alkyl halides is 2. The number of allylic oxidation sites excluding steroid dienone is 5. The van der Waals surface area contributed by atoms with Gasteiger partial charge in [0.2, 0.25) is 0 Å². The summed E-state index contributed by atoms with van der Waals surface area (Å²) in [6.45, 7) is 8.84. The van der Waals surface area contributed by atoms with Gasteiger partial charge < -0.3 is 9.47 Å². The number of halogens is 2.